The van der Waals surface area contributed by atoms with Gasteiger partial charge in [-0.1, -0.05) is 30.1 Å². The van der Waals surface area contributed by atoms with Gasteiger partial charge in [-0.2, -0.15) is 13.2 Å². The van der Waals surface area contributed by atoms with Gasteiger partial charge in [0, 0.05) is 16.5 Å². The quantitative estimate of drug-likeness (QED) is 0.655. The minimum absolute atomic E-state index is 0.267. The number of amides is 1. The third-order valence-electron chi connectivity index (χ3n) is 3.55. The van der Waals surface area contributed by atoms with Crippen LogP contribution < -0.4 is 10.1 Å². The highest BCUT2D eigenvalue weighted by Gasteiger charge is 2.35. The molecule has 1 aromatic rings. The van der Waals surface area contributed by atoms with Crippen LogP contribution in [-0.4, -0.2) is 29.5 Å². The molecule has 1 amide bonds. The molecule has 0 saturated carbocycles. The summed E-state index contributed by atoms with van der Waals surface area (Å²) in [4.78, 5) is 24.4. The van der Waals surface area contributed by atoms with Crippen molar-refractivity contribution in [2.45, 2.75) is 57.9 Å². The Morgan fingerprint density at radius 2 is 1.69 bits per heavy atom. The number of halogens is 5. The number of ketones is 1. The molecule has 26 heavy (non-hydrogen) atoms. The maximum absolute atomic E-state index is 12.4. The molecule has 0 fully saturated rings. The highest BCUT2D eigenvalue weighted by atomic mass is 35.5. The van der Waals surface area contributed by atoms with E-state index in [1.54, 1.807) is 6.92 Å². The molecule has 9 heteroatoms. The van der Waals surface area contributed by atoms with Crippen molar-refractivity contribution in [3.63, 3.8) is 0 Å². The lowest BCUT2D eigenvalue weighted by Gasteiger charge is -2.27. The molecule has 1 N–H and O–H groups in total. The van der Waals surface area contributed by atoms with Crippen LogP contribution in [0, 0.1) is 0 Å². The Hall–Kier alpha value is -1.47. The van der Waals surface area contributed by atoms with Crippen molar-refractivity contribution in [1.29, 1.82) is 0 Å². The van der Waals surface area contributed by atoms with Crippen LogP contribution in [0.2, 0.25) is 10.0 Å². The maximum atomic E-state index is 12.4. The van der Waals surface area contributed by atoms with E-state index in [1.807, 2.05) is 0 Å². The highest BCUT2D eigenvalue weighted by Crippen LogP contribution is 2.26. The summed E-state index contributed by atoms with van der Waals surface area (Å²) < 4.78 is 42.4. The van der Waals surface area contributed by atoms with Gasteiger partial charge in [0.1, 0.15) is 5.75 Å². The lowest BCUT2D eigenvalue weighted by molar-refractivity contribution is -0.146. The molecule has 0 aliphatic heterocycles. The normalized spacial score (nSPS) is 13.2. The molecular formula is C17H20Cl2F3NO3. The van der Waals surface area contributed by atoms with E-state index in [0.717, 1.165) is 0 Å². The number of rotatable bonds is 8. The molecule has 0 spiro atoms. The van der Waals surface area contributed by atoms with Gasteiger partial charge in [0.05, 0.1) is 12.0 Å². The Labute approximate surface area is 160 Å². The van der Waals surface area contributed by atoms with Crippen LogP contribution in [0.5, 0.6) is 5.75 Å². The number of carbonyl (C=O) groups excluding carboxylic acids is 2. The van der Waals surface area contributed by atoms with Gasteiger partial charge in [0.2, 0.25) is 0 Å². The lowest BCUT2D eigenvalue weighted by Crippen LogP contribution is -2.53. The molecule has 0 saturated heterocycles. The summed E-state index contributed by atoms with van der Waals surface area (Å²) in [5, 5.41) is 3.09. The first-order valence-electron chi connectivity index (χ1n) is 7.89. The zero-order valence-corrected chi connectivity index (χ0v) is 16.1. The van der Waals surface area contributed by atoms with Gasteiger partial charge in [-0.15, -0.1) is 0 Å². The maximum Gasteiger partial charge on any atom is 0.389 e. The van der Waals surface area contributed by atoms with Gasteiger partial charge < -0.3 is 10.1 Å². The minimum atomic E-state index is -4.43. The van der Waals surface area contributed by atoms with Crippen LogP contribution in [-0.2, 0) is 9.59 Å². The Kier molecular flexibility index (Phi) is 7.77. The van der Waals surface area contributed by atoms with Gasteiger partial charge in [0.25, 0.3) is 5.91 Å². The van der Waals surface area contributed by atoms with E-state index in [2.05, 4.69) is 5.32 Å². The summed E-state index contributed by atoms with van der Waals surface area (Å²) >= 11 is 11.7. The number of hydrogen-bond acceptors (Lipinski definition) is 3. The number of hydrogen-bond donors (Lipinski definition) is 1. The number of benzene rings is 1. The first-order chi connectivity index (χ1) is 11.8. The van der Waals surface area contributed by atoms with Crippen LogP contribution in [0.3, 0.4) is 0 Å². The second-order valence-corrected chi connectivity index (χ2v) is 7.15. The van der Waals surface area contributed by atoms with Crippen molar-refractivity contribution in [2.75, 3.05) is 0 Å². The monoisotopic (exact) mass is 413 g/mol. The van der Waals surface area contributed by atoms with E-state index in [4.69, 9.17) is 27.9 Å². The van der Waals surface area contributed by atoms with Crippen LogP contribution in [0.1, 0.15) is 40.0 Å². The Bertz CT molecular complexity index is 643. The summed E-state index contributed by atoms with van der Waals surface area (Å²) in [6.45, 7) is 4.40. The first-order valence-corrected chi connectivity index (χ1v) is 8.64. The van der Waals surface area contributed by atoms with E-state index in [0.29, 0.717) is 10.0 Å². The average molecular weight is 414 g/mol. The molecule has 4 nitrogen and oxygen atoms in total. The van der Waals surface area contributed by atoms with E-state index >= 15 is 0 Å². The number of nitrogens with one attached hydrogen (secondary N) is 1. The predicted molar refractivity (Wildman–Crippen MR) is 93.7 cm³/mol. The Balaban J connectivity index is 2.76. The van der Waals surface area contributed by atoms with Crippen LogP contribution in [0.4, 0.5) is 13.2 Å². The van der Waals surface area contributed by atoms with E-state index < -0.39 is 42.4 Å². The summed E-state index contributed by atoms with van der Waals surface area (Å²) in [7, 11) is 0. The summed E-state index contributed by atoms with van der Waals surface area (Å²) in [5.74, 6) is -1.07. The number of ether oxygens (including phenoxy) is 1. The molecule has 1 atom stereocenters. The molecule has 1 aromatic carbocycles. The van der Waals surface area contributed by atoms with Gasteiger partial charge in [0.15, 0.2) is 11.9 Å². The third kappa shape index (κ3) is 7.41. The largest absolute Gasteiger partial charge is 0.481 e. The molecule has 1 unspecified atom stereocenters. The van der Waals surface area contributed by atoms with Crippen LogP contribution >= 0.6 is 23.2 Å². The van der Waals surface area contributed by atoms with Crippen molar-refractivity contribution in [3.05, 3.63) is 28.2 Å². The molecule has 0 aromatic heterocycles. The number of Topliss-reactive ketones (excluding diaryl/α,β-unsaturated/α-hetero) is 1. The molecule has 0 heterocycles. The molecule has 0 radical (unpaired) electrons. The summed E-state index contributed by atoms with van der Waals surface area (Å²) in [6.07, 6.45) is -7.07. The van der Waals surface area contributed by atoms with Crippen molar-refractivity contribution < 1.29 is 27.5 Å². The van der Waals surface area contributed by atoms with E-state index in [9.17, 15) is 22.8 Å². The second kappa shape index (κ2) is 8.95. The molecule has 0 aliphatic carbocycles. The fourth-order valence-corrected chi connectivity index (χ4v) is 2.62. The van der Waals surface area contributed by atoms with Crippen LogP contribution in [0.25, 0.3) is 0 Å². The molecule has 0 aliphatic rings. The van der Waals surface area contributed by atoms with Gasteiger partial charge in [-0.3, -0.25) is 9.59 Å². The minimum Gasteiger partial charge on any atom is -0.481 e. The lowest BCUT2D eigenvalue weighted by atomic mass is 9.95. The van der Waals surface area contributed by atoms with Gasteiger partial charge in [-0.05, 0) is 38.5 Å². The number of carbonyl (C=O) groups is 2. The number of alkyl halides is 3. The van der Waals surface area contributed by atoms with E-state index in [-0.39, 0.29) is 12.2 Å². The van der Waals surface area contributed by atoms with Crippen molar-refractivity contribution >= 4 is 34.9 Å². The highest BCUT2D eigenvalue weighted by molar-refractivity contribution is 6.34. The standard InChI is InChI=1S/C17H20Cl2F3NO3/c1-4-13(26-12-8-10(18)7-11(19)9-12)15(25)23-16(2,3)14(24)5-6-17(20,21)22/h7-9,13H,4-6H2,1-3H3,(H,23,25). The smallest absolute Gasteiger partial charge is 0.389 e. The van der Waals surface area contributed by atoms with Crippen molar-refractivity contribution in [1.82, 2.24) is 5.32 Å². The molecule has 146 valence electrons. The Morgan fingerprint density at radius 3 is 2.15 bits per heavy atom. The zero-order chi connectivity index (χ0) is 20.1. The van der Waals surface area contributed by atoms with Crippen molar-refractivity contribution in [3.8, 4) is 5.75 Å². The fraction of sp³-hybridized carbons (Fsp3) is 0.529. The van der Waals surface area contributed by atoms with Gasteiger partial charge >= 0.3 is 6.18 Å². The second-order valence-electron chi connectivity index (χ2n) is 6.27. The zero-order valence-electron chi connectivity index (χ0n) is 14.5. The predicted octanol–water partition coefficient (Wildman–Crippen LogP) is 4.96. The fourth-order valence-electron chi connectivity index (χ4n) is 2.11. The summed E-state index contributed by atoms with van der Waals surface area (Å²) in [6, 6.07) is 4.45. The molecule has 1 rings (SSSR count). The first kappa shape index (κ1) is 22.6. The SMILES string of the molecule is CCC(Oc1cc(Cl)cc(Cl)c1)C(=O)NC(C)(C)C(=O)CCC(F)(F)F. The topological polar surface area (TPSA) is 55.4 Å². The molecule has 0 bridgehead atoms. The average Bonchev–Trinajstić information content (AvgIpc) is 2.47. The van der Waals surface area contributed by atoms with Crippen LogP contribution in [0.15, 0.2) is 18.2 Å². The van der Waals surface area contributed by atoms with Crippen molar-refractivity contribution in [2.24, 2.45) is 0 Å². The third-order valence-corrected chi connectivity index (χ3v) is 3.98. The van der Waals surface area contributed by atoms with Gasteiger partial charge in [-0.25, -0.2) is 0 Å². The van der Waals surface area contributed by atoms with E-state index in [1.165, 1.54) is 32.0 Å². The Morgan fingerprint density at radius 1 is 1.15 bits per heavy atom. The molecular weight excluding hydrogens is 394 g/mol. The summed E-state index contributed by atoms with van der Waals surface area (Å²) in [5.41, 5.74) is -1.45.